The van der Waals surface area contributed by atoms with Crippen molar-refractivity contribution in [2.24, 2.45) is 0 Å². The number of nitrogens with zero attached hydrogens (tertiary/aromatic N) is 1. The predicted molar refractivity (Wildman–Crippen MR) is 92.9 cm³/mol. The van der Waals surface area contributed by atoms with E-state index in [4.69, 9.17) is 0 Å². The molecule has 1 saturated carbocycles. The van der Waals surface area contributed by atoms with Crippen LogP contribution in [0.2, 0.25) is 0 Å². The maximum absolute atomic E-state index is 13.0. The third-order valence-electron chi connectivity index (χ3n) is 4.58. The van der Waals surface area contributed by atoms with Crippen LogP contribution in [0.25, 0.3) is 0 Å². The van der Waals surface area contributed by atoms with Crippen LogP contribution < -0.4 is 10.9 Å². The quantitative estimate of drug-likeness (QED) is 0.876. The fourth-order valence-electron chi connectivity index (χ4n) is 3.25. The molecule has 2 N–H and O–H groups in total. The summed E-state index contributed by atoms with van der Waals surface area (Å²) < 4.78 is 14.4. The molecule has 0 aliphatic heterocycles. The molecule has 0 spiro atoms. The van der Waals surface area contributed by atoms with Crippen molar-refractivity contribution in [2.45, 2.75) is 44.2 Å². The van der Waals surface area contributed by atoms with E-state index in [9.17, 15) is 19.1 Å². The molecule has 1 fully saturated rings. The van der Waals surface area contributed by atoms with Gasteiger partial charge in [0.25, 0.3) is 5.56 Å². The zero-order valence-corrected chi connectivity index (χ0v) is 13.9. The lowest BCUT2D eigenvalue weighted by atomic mass is 9.98. The van der Waals surface area contributed by atoms with E-state index in [0.717, 1.165) is 18.4 Å². The maximum Gasteiger partial charge on any atom is 0.274 e. The summed E-state index contributed by atoms with van der Waals surface area (Å²) in [7, 11) is 0. The van der Waals surface area contributed by atoms with Crippen LogP contribution in [0.15, 0.2) is 47.4 Å². The molecule has 2 aromatic rings. The predicted octanol–water partition coefficient (Wildman–Crippen LogP) is 2.67. The number of nitrogens with one attached hydrogen (secondary N) is 1. The van der Waals surface area contributed by atoms with Crippen LogP contribution in [0.4, 0.5) is 10.1 Å². The van der Waals surface area contributed by atoms with Crippen LogP contribution in [0.1, 0.15) is 37.7 Å². The van der Waals surface area contributed by atoms with Gasteiger partial charge in [-0.3, -0.25) is 9.59 Å². The number of carbonyl (C=O) groups excluding carboxylic acids is 1. The van der Waals surface area contributed by atoms with E-state index in [0.29, 0.717) is 12.8 Å². The van der Waals surface area contributed by atoms with Gasteiger partial charge in [0.2, 0.25) is 5.91 Å². The Morgan fingerprint density at radius 3 is 2.56 bits per heavy atom. The number of carbonyl (C=O) groups is 1. The van der Waals surface area contributed by atoms with Crippen molar-refractivity contribution in [1.29, 1.82) is 0 Å². The van der Waals surface area contributed by atoms with Gasteiger partial charge in [-0.25, -0.2) is 4.39 Å². The Balaban J connectivity index is 1.71. The Morgan fingerprint density at radius 1 is 1.20 bits per heavy atom. The number of hydrogen-bond acceptors (Lipinski definition) is 3. The number of halogens is 1. The lowest BCUT2D eigenvalue weighted by Gasteiger charge is -2.21. The van der Waals surface area contributed by atoms with Gasteiger partial charge in [-0.05, 0) is 42.7 Å². The molecule has 25 heavy (non-hydrogen) atoms. The summed E-state index contributed by atoms with van der Waals surface area (Å²) in [6.07, 6.45) is 4.68. The first-order chi connectivity index (χ1) is 12.0. The molecule has 3 rings (SSSR count). The molecule has 0 atom stereocenters. The first-order valence-electron chi connectivity index (χ1n) is 8.41. The maximum atomic E-state index is 13.0. The van der Waals surface area contributed by atoms with Gasteiger partial charge in [0.1, 0.15) is 11.5 Å². The van der Waals surface area contributed by atoms with Gasteiger partial charge in [0.05, 0.1) is 18.6 Å². The monoisotopic (exact) mass is 344 g/mol. The Bertz CT molecular complexity index is 808. The summed E-state index contributed by atoms with van der Waals surface area (Å²) in [4.78, 5) is 24.7. The minimum absolute atomic E-state index is 0.000698. The smallest absolute Gasteiger partial charge is 0.274 e. The van der Waals surface area contributed by atoms with Crippen molar-refractivity contribution in [3.63, 3.8) is 0 Å². The average Bonchev–Trinajstić information content (AvgIpc) is 2.99. The summed E-state index contributed by atoms with van der Waals surface area (Å²) in [5.41, 5.74) is -0.325. The highest BCUT2D eigenvalue weighted by atomic mass is 19.1. The van der Waals surface area contributed by atoms with Crippen LogP contribution in [-0.4, -0.2) is 21.2 Å². The number of benzene rings is 1. The van der Waals surface area contributed by atoms with E-state index >= 15 is 0 Å². The first kappa shape index (κ1) is 17.4. The largest absolute Gasteiger partial charge is 0.389 e. The molecular formula is C19H21FN2O3. The number of hydrogen-bond donors (Lipinski definition) is 2. The topological polar surface area (TPSA) is 71.3 Å². The molecule has 0 bridgehead atoms. The first-order valence-corrected chi connectivity index (χ1v) is 8.41. The zero-order valence-electron chi connectivity index (χ0n) is 13.9. The second-order valence-electron chi connectivity index (χ2n) is 6.64. The van der Waals surface area contributed by atoms with Crippen molar-refractivity contribution in [3.05, 3.63) is 64.3 Å². The van der Waals surface area contributed by atoms with Crippen molar-refractivity contribution >= 4 is 11.6 Å². The molecule has 1 aromatic heterocycles. The van der Waals surface area contributed by atoms with E-state index < -0.39 is 5.60 Å². The number of aliphatic hydroxyl groups is 1. The van der Waals surface area contributed by atoms with Crippen LogP contribution in [0.3, 0.4) is 0 Å². The Hall–Kier alpha value is -2.47. The van der Waals surface area contributed by atoms with E-state index in [2.05, 4.69) is 5.32 Å². The van der Waals surface area contributed by atoms with E-state index in [1.54, 1.807) is 30.5 Å². The van der Waals surface area contributed by atoms with E-state index in [1.165, 1.54) is 16.7 Å². The van der Waals surface area contributed by atoms with Crippen molar-refractivity contribution in [2.75, 3.05) is 5.32 Å². The van der Waals surface area contributed by atoms with E-state index in [1.807, 2.05) is 0 Å². The molecule has 6 heteroatoms. The summed E-state index contributed by atoms with van der Waals surface area (Å²) >= 11 is 0. The number of anilines is 1. The Labute approximate surface area is 145 Å². The van der Waals surface area contributed by atoms with Crippen molar-refractivity contribution in [3.8, 4) is 0 Å². The molecule has 1 heterocycles. The van der Waals surface area contributed by atoms with E-state index in [-0.39, 0.29) is 35.9 Å². The number of pyridine rings is 1. The minimum atomic E-state index is -0.952. The molecule has 0 saturated heterocycles. The normalized spacial score (nSPS) is 15.9. The number of amides is 1. The SMILES string of the molecule is O=C(CC1(O)CCCC1)Nc1cccn(Cc2ccc(F)cc2)c1=O. The third kappa shape index (κ3) is 4.33. The van der Waals surface area contributed by atoms with Crippen LogP contribution in [-0.2, 0) is 11.3 Å². The highest BCUT2D eigenvalue weighted by Crippen LogP contribution is 2.32. The molecule has 1 aromatic carbocycles. The van der Waals surface area contributed by atoms with Crippen molar-refractivity contribution in [1.82, 2.24) is 4.57 Å². The van der Waals surface area contributed by atoms with Gasteiger partial charge in [-0.2, -0.15) is 0 Å². The summed E-state index contributed by atoms with van der Waals surface area (Å²) in [6.45, 7) is 0.284. The van der Waals surface area contributed by atoms with Gasteiger partial charge < -0.3 is 15.0 Å². The number of rotatable bonds is 5. The van der Waals surface area contributed by atoms with Gasteiger partial charge in [0, 0.05) is 6.20 Å². The van der Waals surface area contributed by atoms with Crippen LogP contribution in [0, 0.1) is 5.82 Å². The summed E-state index contributed by atoms with van der Waals surface area (Å²) in [5.74, 6) is -0.692. The highest BCUT2D eigenvalue weighted by Gasteiger charge is 2.33. The second kappa shape index (κ2) is 7.19. The fourth-order valence-corrected chi connectivity index (χ4v) is 3.25. The average molecular weight is 344 g/mol. The van der Waals surface area contributed by atoms with Gasteiger partial charge in [-0.15, -0.1) is 0 Å². The molecule has 0 radical (unpaired) electrons. The van der Waals surface area contributed by atoms with Gasteiger partial charge >= 0.3 is 0 Å². The lowest BCUT2D eigenvalue weighted by molar-refractivity contribution is -0.120. The number of aromatic nitrogens is 1. The second-order valence-corrected chi connectivity index (χ2v) is 6.64. The molecule has 132 valence electrons. The molecule has 1 amide bonds. The molecule has 0 unspecified atom stereocenters. The standard InChI is InChI=1S/C19H21FN2O3/c20-15-7-5-14(6-8-15)13-22-11-3-4-16(18(22)24)21-17(23)12-19(25)9-1-2-10-19/h3-8,11,25H,1-2,9-10,12-13H2,(H,21,23). The Morgan fingerprint density at radius 2 is 1.88 bits per heavy atom. The molecule has 1 aliphatic carbocycles. The molecule has 1 aliphatic rings. The summed E-state index contributed by atoms with van der Waals surface area (Å²) in [6, 6.07) is 9.12. The fraction of sp³-hybridized carbons (Fsp3) is 0.368. The van der Waals surface area contributed by atoms with Crippen LogP contribution >= 0.6 is 0 Å². The zero-order chi connectivity index (χ0) is 17.9. The molecular weight excluding hydrogens is 323 g/mol. The summed E-state index contributed by atoms with van der Waals surface area (Å²) in [5, 5.41) is 12.9. The lowest BCUT2D eigenvalue weighted by Crippen LogP contribution is -2.32. The highest BCUT2D eigenvalue weighted by molar-refractivity contribution is 5.91. The van der Waals surface area contributed by atoms with Gasteiger partial charge in [0.15, 0.2) is 0 Å². The van der Waals surface area contributed by atoms with Crippen molar-refractivity contribution < 1.29 is 14.3 Å². The molecule has 5 nitrogen and oxygen atoms in total. The minimum Gasteiger partial charge on any atom is -0.389 e. The van der Waals surface area contributed by atoms with Gasteiger partial charge in [-0.1, -0.05) is 25.0 Å². The third-order valence-corrected chi connectivity index (χ3v) is 4.58. The Kier molecular flexibility index (Phi) is 4.99. The van der Waals surface area contributed by atoms with Crippen LogP contribution in [0.5, 0.6) is 0 Å².